The maximum atomic E-state index is 11.4. The molecule has 0 N–H and O–H groups in total. The maximum absolute atomic E-state index is 11.4. The summed E-state index contributed by atoms with van der Waals surface area (Å²) in [6.07, 6.45) is 4.25. The van der Waals surface area contributed by atoms with Crippen LogP contribution in [0.25, 0.3) is 0 Å². The Balaban J connectivity index is 1.68. The van der Waals surface area contributed by atoms with Gasteiger partial charge in [0.25, 0.3) is 0 Å². The molecule has 1 saturated heterocycles. The van der Waals surface area contributed by atoms with Crippen molar-refractivity contribution >= 4 is 17.5 Å². The standard InChI is InChI=1S/C11H19NOS/c13-11-3-1-2-10(11)4-5-12-6-8-14-9-7-12/h10H,1-9H2. The highest BCUT2D eigenvalue weighted by molar-refractivity contribution is 7.99. The van der Waals surface area contributed by atoms with Crippen molar-refractivity contribution in [1.82, 2.24) is 4.90 Å². The van der Waals surface area contributed by atoms with Crippen molar-refractivity contribution in [2.75, 3.05) is 31.1 Å². The third-order valence-electron chi connectivity index (χ3n) is 3.33. The van der Waals surface area contributed by atoms with Crippen LogP contribution in [0.1, 0.15) is 25.7 Å². The van der Waals surface area contributed by atoms with Gasteiger partial charge in [-0.05, 0) is 25.8 Å². The fraction of sp³-hybridized carbons (Fsp3) is 0.909. The summed E-state index contributed by atoms with van der Waals surface area (Å²) in [6, 6.07) is 0. The maximum Gasteiger partial charge on any atom is 0.136 e. The first kappa shape index (κ1) is 10.5. The SMILES string of the molecule is O=C1CCCC1CCN1CCSCC1. The monoisotopic (exact) mass is 213 g/mol. The quantitative estimate of drug-likeness (QED) is 0.713. The molecule has 0 aromatic heterocycles. The summed E-state index contributed by atoms with van der Waals surface area (Å²) < 4.78 is 0. The number of thioether (sulfide) groups is 1. The van der Waals surface area contributed by atoms with Crippen molar-refractivity contribution in [1.29, 1.82) is 0 Å². The van der Waals surface area contributed by atoms with E-state index in [9.17, 15) is 4.79 Å². The largest absolute Gasteiger partial charge is 0.302 e. The molecule has 2 fully saturated rings. The van der Waals surface area contributed by atoms with E-state index in [0.29, 0.717) is 11.7 Å². The minimum atomic E-state index is 0.407. The van der Waals surface area contributed by atoms with Gasteiger partial charge in [0, 0.05) is 36.9 Å². The summed E-state index contributed by atoms with van der Waals surface area (Å²) in [7, 11) is 0. The van der Waals surface area contributed by atoms with Crippen LogP contribution in [0.3, 0.4) is 0 Å². The highest BCUT2D eigenvalue weighted by Gasteiger charge is 2.24. The van der Waals surface area contributed by atoms with E-state index in [1.807, 2.05) is 11.8 Å². The summed E-state index contributed by atoms with van der Waals surface area (Å²) in [6.45, 7) is 3.61. The first-order chi connectivity index (χ1) is 6.86. The number of ketones is 1. The van der Waals surface area contributed by atoms with Crippen molar-refractivity contribution in [2.45, 2.75) is 25.7 Å². The molecule has 3 heteroatoms. The van der Waals surface area contributed by atoms with Gasteiger partial charge in [0.15, 0.2) is 0 Å². The van der Waals surface area contributed by atoms with Gasteiger partial charge in [0.05, 0.1) is 0 Å². The second kappa shape index (κ2) is 5.17. The predicted octanol–water partition coefficient (Wildman–Crippen LogP) is 1.79. The van der Waals surface area contributed by atoms with E-state index in [-0.39, 0.29) is 0 Å². The fourth-order valence-corrected chi connectivity index (χ4v) is 3.34. The van der Waals surface area contributed by atoms with Gasteiger partial charge in [-0.2, -0.15) is 11.8 Å². The molecule has 0 aromatic carbocycles. The molecule has 0 amide bonds. The summed E-state index contributed by atoms with van der Waals surface area (Å²) >= 11 is 2.05. The Morgan fingerprint density at radius 3 is 2.79 bits per heavy atom. The Morgan fingerprint density at radius 2 is 2.14 bits per heavy atom. The van der Waals surface area contributed by atoms with E-state index in [1.54, 1.807) is 0 Å². The van der Waals surface area contributed by atoms with Gasteiger partial charge in [-0.1, -0.05) is 0 Å². The molecule has 80 valence electrons. The molecule has 1 heterocycles. The normalized spacial score (nSPS) is 29.7. The Labute approximate surface area is 90.4 Å². The number of carbonyl (C=O) groups is 1. The van der Waals surface area contributed by atoms with Crippen LogP contribution in [0.15, 0.2) is 0 Å². The fourth-order valence-electron chi connectivity index (χ4n) is 2.36. The van der Waals surface area contributed by atoms with E-state index >= 15 is 0 Å². The Kier molecular flexibility index (Phi) is 3.88. The van der Waals surface area contributed by atoms with Crippen LogP contribution < -0.4 is 0 Å². The number of nitrogens with zero attached hydrogens (tertiary/aromatic N) is 1. The molecule has 2 nitrogen and oxygen atoms in total. The van der Waals surface area contributed by atoms with Gasteiger partial charge < -0.3 is 4.90 Å². The molecule has 2 rings (SSSR count). The summed E-state index contributed by atoms with van der Waals surface area (Å²) in [4.78, 5) is 13.9. The van der Waals surface area contributed by atoms with Gasteiger partial charge in [-0.15, -0.1) is 0 Å². The molecule has 1 unspecified atom stereocenters. The average Bonchev–Trinajstić information content (AvgIpc) is 2.63. The van der Waals surface area contributed by atoms with Gasteiger partial charge in [0.1, 0.15) is 5.78 Å². The highest BCUT2D eigenvalue weighted by Crippen LogP contribution is 2.24. The van der Waals surface area contributed by atoms with E-state index in [4.69, 9.17) is 0 Å². The summed E-state index contributed by atoms with van der Waals surface area (Å²) in [5.74, 6) is 3.48. The molecule has 0 radical (unpaired) electrons. The Hall–Kier alpha value is -0.0200. The average molecular weight is 213 g/mol. The minimum Gasteiger partial charge on any atom is -0.302 e. The van der Waals surface area contributed by atoms with E-state index < -0.39 is 0 Å². The molecule has 1 saturated carbocycles. The summed E-state index contributed by atoms with van der Waals surface area (Å²) in [5.41, 5.74) is 0. The first-order valence-electron chi connectivity index (χ1n) is 5.69. The molecule has 0 bridgehead atoms. The predicted molar refractivity (Wildman–Crippen MR) is 60.7 cm³/mol. The highest BCUT2D eigenvalue weighted by atomic mass is 32.2. The lowest BCUT2D eigenvalue weighted by Crippen LogP contribution is -2.34. The molecular formula is C11H19NOS. The van der Waals surface area contributed by atoms with Crippen molar-refractivity contribution < 1.29 is 4.79 Å². The van der Waals surface area contributed by atoms with E-state index in [0.717, 1.165) is 32.2 Å². The zero-order chi connectivity index (χ0) is 9.80. The molecule has 1 aliphatic carbocycles. The number of Topliss-reactive ketones (excluding diaryl/α,β-unsaturated/α-hetero) is 1. The molecule has 0 spiro atoms. The van der Waals surface area contributed by atoms with Crippen LogP contribution >= 0.6 is 11.8 Å². The number of hydrogen-bond acceptors (Lipinski definition) is 3. The van der Waals surface area contributed by atoms with Gasteiger partial charge in [-0.3, -0.25) is 4.79 Å². The lowest BCUT2D eigenvalue weighted by molar-refractivity contribution is -0.120. The number of hydrogen-bond donors (Lipinski definition) is 0. The van der Waals surface area contributed by atoms with Crippen molar-refractivity contribution in [3.05, 3.63) is 0 Å². The van der Waals surface area contributed by atoms with E-state index in [2.05, 4.69) is 4.90 Å². The smallest absolute Gasteiger partial charge is 0.136 e. The van der Waals surface area contributed by atoms with Crippen LogP contribution in [0.5, 0.6) is 0 Å². The Bertz CT molecular complexity index is 201. The molecule has 1 atom stereocenters. The van der Waals surface area contributed by atoms with Crippen LogP contribution in [0.2, 0.25) is 0 Å². The number of rotatable bonds is 3. The number of carbonyl (C=O) groups excluding carboxylic acids is 1. The topological polar surface area (TPSA) is 20.3 Å². The van der Waals surface area contributed by atoms with Crippen LogP contribution in [-0.2, 0) is 4.79 Å². The van der Waals surface area contributed by atoms with Crippen LogP contribution in [0.4, 0.5) is 0 Å². The lowest BCUT2D eigenvalue weighted by atomic mass is 10.0. The lowest BCUT2D eigenvalue weighted by Gasteiger charge is -2.26. The minimum absolute atomic E-state index is 0.407. The first-order valence-corrected chi connectivity index (χ1v) is 6.84. The third kappa shape index (κ3) is 2.74. The van der Waals surface area contributed by atoms with Crippen molar-refractivity contribution in [2.24, 2.45) is 5.92 Å². The molecule has 0 aromatic rings. The second-order valence-electron chi connectivity index (χ2n) is 4.30. The molecular weight excluding hydrogens is 194 g/mol. The van der Waals surface area contributed by atoms with Crippen LogP contribution in [-0.4, -0.2) is 41.8 Å². The van der Waals surface area contributed by atoms with Gasteiger partial charge >= 0.3 is 0 Å². The zero-order valence-corrected chi connectivity index (χ0v) is 9.52. The van der Waals surface area contributed by atoms with Crippen LogP contribution in [0, 0.1) is 5.92 Å². The van der Waals surface area contributed by atoms with Crippen molar-refractivity contribution in [3.63, 3.8) is 0 Å². The van der Waals surface area contributed by atoms with Gasteiger partial charge in [0.2, 0.25) is 0 Å². The third-order valence-corrected chi connectivity index (χ3v) is 4.27. The second-order valence-corrected chi connectivity index (χ2v) is 5.52. The van der Waals surface area contributed by atoms with Crippen molar-refractivity contribution in [3.8, 4) is 0 Å². The molecule has 14 heavy (non-hydrogen) atoms. The van der Waals surface area contributed by atoms with Gasteiger partial charge in [-0.25, -0.2) is 0 Å². The molecule has 1 aliphatic heterocycles. The molecule has 2 aliphatic rings. The summed E-state index contributed by atoms with van der Waals surface area (Å²) in [5, 5.41) is 0. The Morgan fingerprint density at radius 1 is 1.36 bits per heavy atom. The van der Waals surface area contributed by atoms with E-state index in [1.165, 1.54) is 24.6 Å². The zero-order valence-electron chi connectivity index (χ0n) is 8.71.